The van der Waals surface area contributed by atoms with E-state index in [0.29, 0.717) is 17.0 Å². The quantitative estimate of drug-likeness (QED) is 0.450. The van der Waals surface area contributed by atoms with E-state index in [9.17, 15) is 17.6 Å². The lowest BCUT2D eigenvalue weighted by Crippen LogP contribution is -2.07. The van der Waals surface area contributed by atoms with E-state index in [-0.39, 0.29) is 11.5 Å². The summed E-state index contributed by atoms with van der Waals surface area (Å²) in [5.41, 5.74) is 4.15. The molecule has 0 radical (unpaired) electrons. The van der Waals surface area contributed by atoms with Gasteiger partial charge in [-0.25, -0.2) is 0 Å². The summed E-state index contributed by atoms with van der Waals surface area (Å²) < 4.78 is 58.0. The van der Waals surface area contributed by atoms with Crippen molar-refractivity contribution >= 4 is 11.4 Å². The second-order valence-corrected chi connectivity index (χ2v) is 4.63. The molecule has 4 nitrogen and oxygen atoms in total. The van der Waals surface area contributed by atoms with Gasteiger partial charge in [0.15, 0.2) is 0 Å². The summed E-state index contributed by atoms with van der Waals surface area (Å²) >= 11 is 0. The summed E-state index contributed by atoms with van der Waals surface area (Å²) in [6.07, 6.45) is 0. The second-order valence-electron chi connectivity index (χ2n) is 4.63. The van der Waals surface area contributed by atoms with Gasteiger partial charge in [-0.15, -0.1) is 0 Å². The average molecular weight is 342 g/mol. The highest BCUT2D eigenvalue weighted by Gasteiger charge is 2.12. The molecule has 0 aromatic heterocycles. The van der Waals surface area contributed by atoms with E-state index in [1.165, 1.54) is 12.1 Å². The third-order valence-corrected chi connectivity index (χ3v) is 2.87. The van der Waals surface area contributed by atoms with E-state index in [1.54, 1.807) is 31.2 Å². The van der Waals surface area contributed by atoms with Gasteiger partial charge >= 0.3 is 13.2 Å². The first-order valence-electron chi connectivity index (χ1n) is 6.84. The molecule has 0 aliphatic heterocycles. The third kappa shape index (κ3) is 5.45. The van der Waals surface area contributed by atoms with Crippen LogP contribution in [0.1, 0.15) is 12.5 Å². The van der Waals surface area contributed by atoms with Crippen molar-refractivity contribution in [2.24, 2.45) is 5.10 Å². The first kappa shape index (κ1) is 17.6. The summed E-state index contributed by atoms with van der Waals surface area (Å²) in [4.78, 5) is 0. The Labute approximate surface area is 135 Å². The van der Waals surface area contributed by atoms with Gasteiger partial charge in [0.2, 0.25) is 0 Å². The van der Waals surface area contributed by atoms with Crippen LogP contribution in [0, 0.1) is 0 Å². The standard InChI is InChI=1S/C16H14F4N2O2/c1-10(21-22-12-5-3-2-4-6-12)11-7-13(23-15(17)18)9-14(8-11)24-16(19)20/h2-9,15-16,22H,1H3/b21-10+. The molecule has 0 atom stereocenters. The highest BCUT2D eigenvalue weighted by molar-refractivity contribution is 5.99. The number of hydrazone groups is 1. The fourth-order valence-electron chi connectivity index (χ4n) is 1.85. The van der Waals surface area contributed by atoms with E-state index < -0.39 is 13.2 Å². The van der Waals surface area contributed by atoms with Crippen molar-refractivity contribution in [3.8, 4) is 11.5 Å². The predicted molar refractivity (Wildman–Crippen MR) is 82.0 cm³/mol. The van der Waals surface area contributed by atoms with Crippen molar-refractivity contribution < 1.29 is 27.0 Å². The number of hydrogen-bond donors (Lipinski definition) is 1. The van der Waals surface area contributed by atoms with E-state index in [0.717, 1.165) is 6.07 Å². The van der Waals surface area contributed by atoms with Gasteiger partial charge in [-0.1, -0.05) is 18.2 Å². The van der Waals surface area contributed by atoms with Gasteiger partial charge in [0.25, 0.3) is 0 Å². The van der Waals surface area contributed by atoms with Crippen molar-refractivity contribution in [2.75, 3.05) is 5.43 Å². The number of alkyl halides is 4. The normalized spacial score (nSPS) is 11.7. The minimum Gasteiger partial charge on any atom is -0.435 e. The lowest BCUT2D eigenvalue weighted by Gasteiger charge is -2.11. The molecule has 0 aliphatic rings. The van der Waals surface area contributed by atoms with Gasteiger partial charge in [0.1, 0.15) is 11.5 Å². The third-order valence-electron chi connectivity index (χ3n) is 2.87. The maximum Gasteiger partial charge on any atom is 0.387 e. The first-order valence-corrected chi connectivity index (χ1v) is 6.84. The lowest BCUT2D eigenvalue weighted by molar-refractivity contribution is -0.0542. The van der Waals surface area contributed by atoms with Crippen LogP contribution in [-0.2, 0) is 0 Å². The number of halogens is 4. The molecule has 8 heteroatoms. The number of rotatable bonds is 7. The molecule has 0 spiro atoms. The SMILES string of the molecule is C/C(=N\Nc1ccccc1)c1cc(OC(F)F)cc(OC(F)F)c1. The van der Waals surface area contributed by atoms with Crippen LogP contribution in [0.5, 0.6) is 11.5 Å². The van der Waals surface area contributed by atoms with Crippen LogP contribution in [0.3, 0.4) is 0 Å². The molecule has 0 bridgehead atoms. The Bertz CT molecular complexity index is 665. The van der Waals surface area contributed by atoms with Crippen LogP contribution in [0.15, 0.2) is 53.6 Å². The Hall–Kier alpha value is -2.77. The molecule has 0 unspecified atom stereocenters. The van der Waals surface area contributed by atoms with Gasteiger partial charge in [0.05, 0.1) is 11.4 Å². The van der Waals surface area contributed by atoms with E-state index in [4.69, 9.17) is 0 Å². The molecule has 2 aromatic rings. The smallest absolute Gasteiger partial charge is 0.387 e. The zero-order valence-corrected chi connectivity index (χ0v) is 12.5. The molecule has 24 heavy (non-hydrogen) atoms. The maximum absolute atomic E-state index is 12.4. The Morgan fingerprint density at radius 1 is 0.917 bits per heavy atom. The highest BCUT2D eigenvalue weighted by atomic mass is 19.3. The average Bonchev–Trinajstić information content (AvgIpc) is 2.52. The van der Waals surface area contributed by atoms with E-state index in [1.807, 2.05) is 6.07 Å². The van der Waals surface area contributed by atoms with Crippen LogP contribution in [0.4, 0.5) is 23.2 Å². The van der Waals surface area contributed by atoms with Gasteiger partial charge in [-0.05, 0) is 31.2 Å². The Balaban J connectivity index is 2.25. The predicted octanol–water partition coefficient (Wildman–Crippen LogP) is 4.73. The molecule has 128 valence electrons. The minimum absolute atomic E-state index is 0.298. The van der Waals surface area contributed by atoms with Crippen molar-refractivity contribution in [1.82, 2.24) is 0 Å². The number of nitrogens with zero attached hydrogens (tertiary/aromatic N) is 1. The maximum atomic E-state index is 12.4. The summed E-state index contributed by atoms with van der Waals surface area (Å²) in [5.74, 6) is -0.597. The fraction of sp³-hybridized carbons (Fsp3) is 0.188. The molecule has 0 heterocycles. The van der Waals surface area contributed by atoms with Gasteiger partial charge in [-0.3, -0.25) is 5.43 Å². The number of benzene rings is 2. The number of ether oxygens (including phenoxy) is 2. The molecule has 0 saturated carbocycles. The van der Waals surface area contributed by atoms with Crippen LogP contribution in [0.25, 0.3) is 0 Å². The molecule has 2 rings (SSSR count). The van der Waals surface area contributed by atoms with Crippen molar-refractivity contribution in [1.29, 1.82) is 0 Å². The van der Waals surface area contributed by atoms with Crippen molar-refractivity contribution in [2.45, 2.75) is 20.1 Å². The largest absolute Gasteiger partial charge is 0.435 e. The number of anilines is 1. The molecule has 0 aliphatic carbocycles. The van der Waals surface area contributed by atoms with Crippen LogP contribution >= 0.6 is 0 Å². The molecule has 0 fully saturated rings. The number of hydrogen-bond acceptors (Lipinski definition) is 4. The molecule has 0 saturated heterocycles. The van der Waals surface area contributed by atoms with Crippen molar-refractivity contribution in [3.63, 3.8) is 0 Å². The van der Waals surface area contributed by atoms with Crippen LogP contribution in [0.2, 0.25) is 0 Å². The molecular weight excluding hydrogens is 328 g/mol. The Kier molecular flexibility index (Phi) is 6.00. The highest BCUT2D eigenvalue weighted by Crippen LogP contribution is 2.26. The van der Waals surface area contributed by atoms with E-state index in [2.05, 4.69) is 20.0 Å². The zero-order chi connectivity index (χ0) is 17.5. The number of para-hydroxylation sites is 1. The van der Waals surface area contributed by atoms with Gasteiger partial charge in [0, 0.05) is 11.6 Å². The Morgan fingerprint density at radius 2 is 1.46 bits per heavy atom. The minimum atomic E-state index is -3.08. The van der Waals surface area contributed by atoms with Crippen molar-refractivity contribution in [3.05, 3.63) is 54.1 Å². The lowest BCUT2D eigenvalue weighted by atomic mass is 10.1. The molecule has 1 N–H and O–H groups in total. The molecule has 0 amide bonds. The monoisotopic (exact) mass is 342 g/mol. The summed E-state index contributed by atoms with van der Waals surface area (Å²) in [7, 11) is 0. The van der Waals surface area contributed by atoms with E-state index >= 15 is 0 Å². The van der Waals surface area contributed by atoms with Gasteiger partial charge < -0.3 is 9.47 Å². The van der Waals surface area contributed by atoms with Gasteiger partial charge in [-0.2, -0.15) is 22.7 Å². The summed E-state index contributed by atoms with van der Waals surface area (Å²) in [6.45, 7) is -4.58. The molecule has 2 aromatic carbocycles. The fourth-order valence-corrected chi connectivity index (χ4v) is 1.85. The Morgan fingerprint density at radius 3 is 1.96 bits per heavy atom. The summed E-state index contributed by atoms with van der Waals surface area (Å²) in [5, 5.41) is 4.09. The number of nitrogens with one attached hydrogen (secondary N) is 1. The zero-order valence-electron chi connectivity index (χ0n) is 12.5. The summed E-state index contributed by atoms with van der Waals surface area (Å²) in [6, 6.07) is 12.5. The van der Waals surface area contributed by atoms with Crippen LogP contribution < -0.4 is 14.9 Å². The van der Waals surface area contributed by atoms with Crippen LogP contribution in [-0.4, -0.2) is 18.9 Å². The molecular formula is C16H14F4N2O2. The topological polar surface area (TPSA) is 42.9 Å². The second kappa shape index (κ2) is 8.19. The first-order chi connectivity index (χ1) is 11.4.